The van der Waals surface area contributed by atoms with Crippen LogP contribution in [0.4, 0.5) is 5.69 Å². The molecule has 1 amide bonds. The number of carbonyl (C=O) groups excluding carboxylic acids is 1. The molecule has 5 nitrogen and oxygen atoms in total. The zero-order chi connectivity index (χ0) is 15.2. The van der Waals surface area contributed by atoms with E-state index in [1.54, 1.807) is 19.1 Å². The van der Waals surface area contributed by atoms with E-state index in [4.69, 9.17) is 10.5 Å². The Balaban J connectivity index is 2.55. The molecule has 3 N–H and O–H groups in total. The molecule has 0 aliphatic carbocycles. The van der Waals surface area contributed by atoms with Gasteiger partial charge < -0.3 is 20.7 Å². The molecule has 112 valence electrons. The number of nitrogens with one attached hydrogen (secondary N) is 1. The number of rotatable bonds is 7. The van der Waals surface area contributed by atoms with Gasteiger partial charge in [-0.15, -0.1) is 0 Å². The lowest BCUT2D eigenvalue weighted by molar-refractivity contribution is -0.129. The SMILES string of the molecule is COc1ccccc1NCC(=O)N(C)CC(C)(C)CN. The highest BCUT2D eigenvalue weighted by atomic mass is 16.5. The van der Waals surface area contributed by atoms with Crippen LogP contribution < -0.4 is 15.8 Å². The van der Waals surface area contributed by atoms with E-state index < -0.39 is 0 Å². The van der Waals surface area contributed by atoms with Crippen molar-refractivity contribution in [3.8, 4) is 5.75 Å². The maximum absolute atomic E-state index is 12.1. The first-order chi connectivity index (χ1) is 9.39. The number of amides is 1. The van der Waals surface area contributed by atoms with Crippen LogP contribution in [0.2, 0.25) is 0 Å². The zero-order valence-corrected chi connectivity index (χ0v) is 12.8. The number of benzene rings is 1. The minimum Gasteiger partial charge on any atom is -0.495 e. The van der Waals surface area contributed by atoms with Crippen LogP contribution >= 0.6 is 0 Å². The lowest BCUT2D eigenvalue weighted by Crippen LogP contribution is -2.41. The highest BCUT2D eigenvalue weighted by Crippen LogP contribution is 2.22. The van der Waals surface area contributed by atoms with E-state index in [2.05, 4.69) is 5.32 Å². The van der Waals surface area contributed by atoms with Crippen LogP contribution in [0, 0.1) is 5.41 Å². The second-order valence-electron chi connectivity index (χ2n) is 5.67. The van der Waals surface area contributed by atoms with Crippen molar-refractivity contribution in [3.63, 3.8) is 0 Å². The number of methoxy groups -OCH3 is 1. The van der Waals surface area contributed by atoms with Crippen molar-refractivity contribution >= 4 is 11.6 Å². The van der Waals surface area contributed by atoms with Crippen molar-refractivity contribution in [2.45, 2.75) is 13.8 Å². The highest BCUT2D eigenvalue weighted by molar-refractivity contribution is 5.81. The van der Waals surface area contributed by atoms with Crippen molar-refractivity contribution in [1.82, 2.24) is 4.90 Å². The average Bonchev–Trinajstić information content (AvgIpc) is 2.44. The van der Waals surface area contributed by atoms with E-state index >= 15 is 0 Å². The van der Waals surface area contributed by atoms with Gasteiger partial charge in [-0.2, -0.15) is 0 Å². The fraction of sp³-hybridized carbons (Fsp3) is 0.533. The maximum atomic E-state index is 12.1. The lowest BCUT2D eigenvalue weighted by Gasteiger charge is -2.29. The van der Waals surface area contributed by atoms with Gasteiger partial charge in [0.15, 0.2) is 0 Å². The third-order valence-corrected chi connectivity index (χ3v) is 3.18. The van der Waals surface area contributed by atoms with Crippen LogP contribution in [-0.4, -0.2) is 44.6 Å². The molecule has 20 heavy (non-hydrogen) atoms. The second-order valence-corrected chi connectivity index (χ2v) is 5.67. The van der Waals surface area contributed by atoms with Crippen molar-refractivity contribution in [2.24, 2.45) is 11.1 Å². The molecule has 0 saturated heterocycles. The summed E-state index contributed by atoms with van der Waals surface area (Å²) in [5.41, 5.74) is 6.43. The quantitative estimate of drug-likeness (QED) is 0.794. The van der Waals surface area contributed by atoms with E-state index in [0.29, 0.717) is 13.1 Å². The molecule has 0 atom stereocenters. The molecular formula is C15H25N3O2. The van der Waals surface area contributed by atoms with Crippen LogP contribution in [0.5, 0.6) is 5.75 Å². The summed E-state index contributed by atoms with van der Waals surface area (Å²) in [4.78, 5) is 13.8. The third kappa shape index (κ3) is 4.74. The largest absolute Gasteiger partial charge is 0.495 e. The first-order valence-corrected chi connectivity index (χ1v) is 6.70. The Morgan fingerprint density at radius 1 is 1.40 bits per heavy atom. The Bertz CT molecular complexity index is 446. The molecule has 1 aromatic rings. The predicted molar refractivity (Wildman–Crippen MR) is 82.0 cm³/mol. The summed E-state index contributed by atoms with van der Waals surface area (Å²) in [6.45, 7) is 5.51. The van der Waals surface area contributed by atoms with Gasteiger partial charge in [-0.25, -0.2) is 0 Å². The number of hydrogen-bond donors (Lipinski definition) is 2. The molecule has 0 aliphatic heterocycles. The zero-order valence-electron chi connectivity index (χ0n) is 12.8. The fourth-order valence-corrected chi connectivity index (χ4v) is 1.89. The smallest absolute Gasteiger partial charge is 0.241 e. The van der Waals surface area contributed by atoms with Crippen LogP contribution in [0.1, 0.15) is 13.8 Å². The lowest BCUT2D eigenvalue weighted by atomic mass is 9.93. The average molecular weight is 279 g/mol. The predicted octanol–water partition coefficient (Wildman–Crippen LogP) is 1.55. The molecule has 0 fully saturated rings. The van der Waals surface area contributed by atoms with Crippen molar-refractivity contribution in [3.05, 3.63) is 24.3 Å². The molecule has 0 bridgehead atoms. The second kappa shape index (κ2) is 7.14. The minimum atomic E-state index is -0.0746. The molecule has 0 spiro atoms. The van der Waals surface area contributed by atoms with Gasteiger partial charge in [-0.05, 0) is 24.1 Å². The van der Waals surface area contributed by atoms with Gasteiger partial charge in [0.05, 0.1) is 19.3 Å². The van der Waals surface area contributed by atoms with Crippen LogP contribution in [0.15, 0.2) is 24.3 Å². The van der Waals surface area contributed by atoms with Crippen LogP contribution in [0.3, 0.4) is 0 Å². The molecule has 0 aliphatic rings. The number of carbonyl (C=O) groups is 1. The van der Waals surface area contributed by atoms with E-state index in [-0.39, 0.29) is 17.9 Å². The standard InChI is InChI=1S/C15H25N3O2/c1-15(2,10-16)11-18(3)14(19)9-17-12-7-5-6-8-13(12)20-4/h5-8,17H,9-11,16H2,1-4H3. The Morgan fingerprint density at radius 3 is 2.65 bits per heavy atom. The number of anilines is 1. The van der Waals surface area contributed by atoms with Gasteiger partial charge >= 0.3 is 0 Å². The summed E-state index contributed by atoms with van der Waals surface area (Å²) in [6.07, 6.45) is 0. The number of likely N-dealkylation sites (N-methyl/N-ethyl adjacent to an activating group) is 1. The van der Waals surface area contributed by atoms with Crippen molar-refractivity contribution < 1.29 is 9.53 Å². The molecule has 0 aromatic heterocycles. The van der Waals surface area contributed by atoms with Gasteiger partial charge in [0.25, 0.3) is 0 Å². The van der Waals surface area contributed by atoms with Gasteiger partial charge in [-0.3, -0.25) is 4.79 Å². The minimum absolute atomic E-state index is 0.0254. The van der Waals surface area contributed by atoms with E-state index in [1.807, 2.05) is 38.1 Å². The first-order valence-electron chi connectivity index (χ1n) is 6.70. The summed E-state index contributed by atoms with van der Waals surface area (Å²) >= 11 is 0. The Labute approximate surface area is 121 Å². The van der Waals surface area contributed by atoms with Crippen molar-refractivity contribution in [1.29, 1.82) is 0 Å². The number of nitrogens with zero attached hydrogens (tertiary/aromatic N) is 1. The third-order valence-electron chi connectivity index (χ3n) is 3.18. The van der Waals surface area contributed by atoms with Gasteiger partial charge in [0.2, 0.25) is 5.91 Å². The molecular weight excluding hydrogens is 254 g/mol. The Kier molecular flexibility index (Phi) is 5.82. The van der Waals surface area contributed by atoms with E-state index in [9.17, 15) is 4.79 Å². The van der Waals surface area contributed by atoms with Gasteiger partial charge in [0, 0.05) is 13.6 Å². The molecule has 0 saturated carbocycles. The molecule has 0 radical (unpaired) electrons. The van der Waals surface area contributed by atoms with E-state index in [1.165, 1.54) is 0 Å². The van der Waals surface area contributed by atoms with E-state index in [0.717, 1.165) is 11.4 Å². The molecule has 0 heterocycles. The maximum Gasteiger partial charge on any atom is 0.241 e. The number of ether oxygens (including phenoxy) is 1. The van der Waals surface area contributed by atoms with Crippen LogP contribution in [0.25, 0.3) is 0 Å². The number of hydrogen-bond acceptors (Lipinski definition) is 4. The fourth-order valence-electron chi connectivity index (χ4n) is 1.89. The summed E-state index contributed by atoms with van der Waals surface area (Å²) < 4.78 is 5.23. The number of nitrogens with two attached hydrogens (primary N) is 1. The molecule has 5 heteroatoms. The topological polar surface area (TPSA) is 67.6 Å². The number of para-hydroxylation sites is 2. The Morgan fingerprint density at radius 2 is 2.05 bits per heavy atom. The normalized spacial score (nSPS) is 11.1. The summed E-state index contributed by atoms with van der Waals surface area (Å²) in [6, 6.07) is 7.53. The monoisotopic (exact) mass is 279 g/mol. The van der Waals surface area contributed by atoms with Crippen LogP contribution in [-0.2, 0) is 4.79 Å². The molecule has 0 unspecified atom stereocenters. The molecule has 1 rings (SSSR count). The van der Waals surface area contributed by atoms with Crippen molar-refractivity contribution in [2.75, 3.05) is 39.1 Å². The van der Waals surface area contributed by atoms with Gasteiger partial charge in [0.1, 0.15) is 5.75 Å². The first kappa shape index (κ1) is 16.3. The summed E-state index contributed by atoms with van der Waals surface area (Å²) in [5, 5.41) is 3.10. The Hall–Kier alpha value is -1.75. The van der Waals surface area contributed by atoms with Gasteiger partial charge in [-0.1, -0.05) is 26.0 Å². The highest BCUT2D eigenvalue weighted by Gasteiger charge is 2.21. The summed E-state index contributed by atoms with van der Waals surface area (Å²) in [5.74, 6) is 0.752. The molecule has 1 aromatic carbocycles. The summed E-state index contributed by atoms with van der Waals surface area (Å²) in [7, 11) is 3.40.